The Morgan fingerprint density at radius 1 is 1.10 bits per heavy atom. The van der Waals surface area contributed by atoms with Gasteiger partial charge in [0, 0.05) is 16.4 Å². The number of Topliss-reactive ketones (excluding diaryl/α,β-unsaturated/α-hetero) is 1. The van der Waals surface area contributed by atoms with E-state index in [1.807, 2.05) is 42.5 Å². The summed E-state index contributed by atoms with van der Waals surface area (Å²) in [5, 5.41) is 1.11. The zero-order valence-electron chi connectivity index (χ0n) is 10.4. The minimum atomic E-state index is -0.305. The Hall–Kier alpha value is -0.960. The van der Waals surface area contributed by atoms with E-state index < -0.39 is 0 Å². The van der Waals surface area contributed by atoms with Crippen LogP contribution in [0.15, 0.2) is 47.4 Å². The molecule has 1 spiro atoms. The minimum Gasteiger partial charge on any atom is -0.293 e. The maximum atomic E-state index is 12.6. The molecule has 0 aromatic heterocycles. The SMILES string of the molecule is O=C1c2ccccc2S[C@]12C[C@@H]2c1ccc(Cl)c(Cl)c1. The topological polar surface area (TPSA) is 17.1 Å². The fourth-order valence-corrected chi connectivity index (χ4v) is 4.79. The molecule has 0 unspecified atom stereocenters. The summed E-state index contributed by atoms with van der Waals surface area (Å²) in [7, 11) is 0. The van der Waals surface area contributed by atoms with Gasteiger partial charge >= 0.3 is 0 Å². The summed E-state index contributed by atoms with van der Waals surface area (Å²) in [6.45, 7) is 0. The van der Waals surface area contributed by atoms with Crippen molar-refractivity contribution in [3.05, 3.63) is 63.6 Å². The Morgan fingerprint density at radius 3 is 2.65 bits per heavy atom. The molecule has 4 rings (SSSR count). The van der Waals surface area contributed by atoms with Gasteiger partial charge in [-0.3, -0.25) is 4.79 Å². The van der Waals surface area contributed by atoms with Crippen LogP contribution in [-0.2, 0) is 0 Å². The smallest absolute Gasteiger partial charge is 0.181 e. The molecule has 1 aliphatic carbocycles. The van der Waals surface area contributed by atoms with Gasteiger partial charge in [-0.25, -0.2) is 0 Å². The summed E-state index contributed by atoms with van der Waals surface area (Å²) in [5.41, 5.74) is 1.97. The Labute approximate surface area is 131 Å². The predicted molar refractivity (Wildman–Crippen MR) is 83.2 cm³/mol. The van der Waals surface area contributed by atoms with Crippen LogP contribution in [0.4, 0.5) is 0 Å². The lowest BCUT2D eigenvalue weighted by molar-refractivity contribution is 0.0981. The Bertz CT molecular complexity index is 743. The summed E-state index contributed by atoms with van der Waals surface area (Å²) < 4.78 is -0.305. The van der Waals surface area contributed by atoms with Crippen LogP contribution >= 0.6 is 35.0 Å². The number of thioether (sulfide) groups is 1. The summed E-state index contributed by atoms with van der Waals surface area (Å²) >= 11 is 13.7. The molecule has 1 aliphatic heterocycles. The van der Waals surface area contributed by atoms with Gasteiger partial charge in [-0.2, -0.15) is 0 Å². The van der Waals surface area contributed by atoms with Crippen molar-refractivity contribution in [1.82, 2.24) is 0 Å². The van der Waals surface area contributed by atoms with Crippen molar-refractivity contribution in [3.63, 3.8) is 0 Å². The van der Waals surface area contributed by atoms with Crippen LogP contribution in [0, 0.1) is 0 Å². The third kappa shape index (κ3) is 1.68. The van der Waals surface area contributed by atoms with Crippen LogP contribution in [0.5, 0.6) is 0 Å². The summed E-state index contributed by atoms with van der Waals surface area (Å²) in [4.78, 5) is 13.7. The monoisotopic (exact) mass is 320 g/mol. The molecule has 0 N–H and O–H groups in total. The summed E-state index contributed by atoms with van der Waals surface area (Å²) in [6, 6.07) is 13.5. The van der Waals surface area contributed by atoms with Crippen molar-refractivity contribution in [3.8, 4) is 0 Å². The second-order valence-electron chi connectivity index (χ2n) is 5.25. The van der Waals surface area contributed by atoms with Crippen molar-refractivity contribution in [2.24, 2.45) is 0 Å². The molecule has 2 aromatic rings. The first kappa shape index (κ1) is 12.8. The van der Waals surface area contributed by atoms with Crippen LogP contribution in [0.25, 0.3) is 0 Å². The first-order chi connectivity index (χ1) is 9.62. The lowest BCUT2D eigenvalue weighted by Gasteiger charge is -2.07. The molecule has 1 heterocycles. The van der Waals surface area contributed by atoms with Gasteiger partial charge in [0.25, 0.3) is 0 Å². The van der Waals surface area contributed by atoms with Crippen molar-refractivity contribution in [2.75, 3.05) is 0 Å². The predicted octanol–water partition coefficient (Wildman–Crippen LogP) is 5.21. The fraction of sp³-hybridized carbons (Fsp3) is 0.188. The highest BCUT2D eigenvalue weighted by atomic mass is 35.5. The van der Waals surface area contributed by atoms with Gasteiger partial charge in [0.15, 0.2) is 5.78 Å². The second kappa shape index (κ2) is 4.27. The highest BCUT2D eigenvalue weighted by Crippen LogP contribution is 2.67. The summed E-state index contributed by atoms with van der Waals surface area (Å²) in [6.07, 6.45) is 0.878. The zero-order valence-corrected chi connectivity index (χ0v) is 12.7. The van der Waals surface area contributed by atoms with Crippen molar-refractivity contribution in [2.45, 2.75) is 22.0 Å². The number of rotatable bonds is 1. The molecule has 1 nitrogen and oxygen atoms in total. The van der Waals surface area contributed by atoms with Crippen LogP contribution in [0.2, 0.25) is 10.0 Å². The second-order valence-corrected chi connectivity index (χ2v) is 7.43. The molecule has 2 atom stereocenters. The molecule has 0 bridgehead atoms. The number of ketones is 1. The first-order valence-corrected chi connectivity index (χ1v) is 7.97. The molecule has 1 fully saturated rings. The molecule has 20 heavy (non-hydrogen) atoms. The lowest BCUT2D eigenvalue weighted by atomic mass is 10.0. The van der Waals surface area contributed by atoms with Gasteiger partial charge in [0.2, 0.25) is 0 Å². The molecule has 2 aromatic carbocycles. The third-order valence-electron chi connectivity index (χ3n) is 4.06. The molecule has 0 radical (unpaired) electrons. The number of hydrogen-bond donors (Lipinski definition) is 0. The van der Waals surface area contributed by atoms with Crippen molar-refractivity contribution in [1.29, 1.82) is 0 Å². The highest BCUT2D eigenvalue weighted by molar-refractivity contribution is 8.02. The number of carbonyl (C=O) groups excluding carboxylic acids is 1. The maximum Gasteiger partial charge on any atom is 0.181 e. The molecule has 1 saturated carbocycles. The number of benzene rings is 2. The average Bonchev–Trinajstić information content (AvgIpc) is 3.09. The minimum absolute atomic E-state index is 0.238. The third-order valence-corrected chi connectivity index (χ3v) is 6.38. The molecular weight excluding hydrogens is 311 g/mol. The average molecular weight is 321 g/mol. The highest BCUT2D eigenvalue weighted by Gasteiger charge is 2.64. The lowest BCUT2D eigenvalue weighted by Crippen LogP contribution is -2.15. The molecule has 100 valence electrons. The summed E-state index contributed by atoms with van der Waals surface area (Å²) in [5.74, 6) is 0.497. The Morgan fingerprint density at radius 2 is 1.90 bits per heavy atom. The van der Waals surface area contributed by atoms with E-state index in [0.717, 1.165) is 22.4 Å². The zero-order chi connectivity index (χ0) is 13.9. The van der Waals surface area contributed by atoms with Gasteiger partial charge in [0.1, 0.15) is 0 Å². The molecule has 0 saturated heterocycles. The van der Waals surface area contributed by atoms with Gasteiger partial charge in [-0.05, 0) is 30.2 Å². The van der Waals surface area contributed by atoms with Gasteiger partial charge < -0.3 is 0 Å². The van der Waals surface area contributed by atoms with E-state index in [-0.39, 0.29) is 16.4 Å². The first-order valence-electron chi connectivity index (χ1n) is 6.39. The van der Waals surface area contributed by atoms with Crippen molar-refractivity contribution >= 4 is 40.7 Å². The van der Waals surface area contributed by atoms with Gasteiger partial charge in [-0.15, -0.1) is 11.8 Å². The number of fused-ring (bicyclic) bond motifs is 1. The van der Waals surface area contributed by atoms with E-state index in [4.69, 9.17) is 23.2 Å². The normalized spacial score (nSPS) is 26.9. The van der Waals surface area contributed by atoms with Crippen LogP contribution in [-0.4, -0.2) is 10.5 Å². The van der Waals surface area contributed by atoms with Crippen LogP contribution in [0.3, 0.4) is 0 Å². The van der Waals surface area contributed by atoms with E-state index in [0.29, 0.717) is 10.0 Å². The molecule has 4 heteroatoms. The van der Waals surface area contributed by atoms with E-state index in [1.165, 1.54) is 0 Å². The molecule has 0 amide bonds. The molecular formula is C16H10Cl2OS. The quantitative estimate of drug-likeness (QED) is 0.717. The number of halogens is 2. The number of carbonyl (C=O) groups is 1. The number of hydrogen-bond acceptors (Lipinski definition) is 2. The van der Waals surface area contributed by atoms with Crippen LogP contribution < -0.4 is 0 Å². The maximum absolute atomic E-state index is 12.6. The largest absolute Gasteiger partial charge is 0.293 e. The van der Waals surface area contributed by atoms with Gasteiger partial charge in [0.05, 0.1) is 14.8 Å². The van der Waals surface area contributed by atoms with Gasteiger partial charge in [-0.1, -0.05) is 47.5 Å². The van der Waals surface area contributed by atoms with E-state index in [9.17, 15) is 4.79 Å². The fourth-order valence-electron chi connectivity index (χ4n) is 2.94. The molecule has 2 aliphatic rings. The Balaban J connectivity index is 1.70. The van der Waals surface area contributed by atoms with E-state index >= 15 is 0 Å². The van der Waals surface area contributed by atoms with E-state index in [2.05, 4.69) is 0 Å². The standard InChI is InChI=1S/C16H10Cl2OS/c17-12-6-5-9(7-13(12)18)11-8-16(11)15(19)10-3-1-2-4-14(10)20-16/h1-7,11H,8H2/t11-,16+/m1/s1. The van der Waals surface area contributed by atoms with E-state index in [1.54, 1.807) is 11.8 Å². The van der Waals surface area contributed by atoms with Crippen LogP contribution in [0.1, 0.15) is 28.3 Å². The Kier molecular flexibility index (Phi) is 2.72. The van der Waals surface area contributed by atoms with Crippen molar-refractivity contribution < 1.29 is 4.79 Å².